The number of carboxylic acid groups (broad SMARTS) is 1. The molecule has 0 aliphatic rings. The summed E-state index contributed by atoms with van der Waals surface area (Å²) < 4.78 is 11.1. The Labute approximate surface area is 111 Å². The van der Waals surface area contributed by atoms with Gasteiger partial charge in [-0.3, -0.25) is 4.68 Å². The fraction of sp³-hybridized carbons (Fsp3) is 0.583. The van der Waals surface area contributed by atoms with Crippen molar-refractivity contribution in [3.05, 3.63) is 17.5 Å². The van der Waals surface area contributed by atoms with Gasteiger partial charge in [-0.25, -0.2) is 9.59 Å². The molecule has 1 N–H and O–H groups in total. The molecule has 19 heavy (non-hydrogen) atoms. The topological polar surface area (TPSA) is 90.7 Å². The van der Waals surface area contributed by atoms with Gasteiger partial charge in [0.1, 0.15) is 5.69 Å². The third kappa shape index (κ3) is 4.36. The van der Waals surface area contributed by atoms with Crippen LogP contribution < -0.4 is 0 Å². The highest BCUT2D eigenvalue weighted by Gasteiger charge is 2.18. The lowest BCUT2D eigenvalue weighted by atomic mass is 10.3. The standard InChI is InChI=1S/C12H18N2O5/c1-3-4-6-19-7-5-14-10(11(15)16)8-9(13-14)12(17)18-2/h8H,3-7H2,1-2H3,(H,15,16). The maximum absolute atomic E-state index is 11.3. The van der Waals surface area contributed by atoms with Crippen molar-refractivity contribution in [1.82, 2.24) is 9.78 Å². The van der Waals surface area contributed by atoms with Gasteiger partial charge in [0, 0.05) is 12.7 Å². The Morgan fingerprint density at radius 2 is 2.16 bits per heavy atom. The molecule has 106 valence electrons. The van der Waals surface area contributed by atoms with E-state index in [0.29, 0.717) is 13.2 Å². The first kappa shape index (κ1) is 15.2. The zero-order valence-electron chi connectivity index (χ0n) is 11.1. The molecule has 0 radical (unpaired) electrons. The number of methoxy groups -OCH3 is 1. The Kier molecular flexibility index (Phi) is 6.01. The number of hydrogen-bond acceptors (Lipinski definition) is 5. The predicted molar refractivity (Wildman–Crippen MR) is 66.3 cm³/mol. The van der Waals surface area contributed by atoms with E-state index in [9.17, 15) is 9.59 Å². The summed E-state index contributed by atoms with van der Waals surface area (Å²) in [7, 11) is 1.22. The number of aromatic nitrogens is 2. The lowest BCUT2D eigenvalue weighted by Gasteiger charge is -2.05. The van der Waals surface area contributed by atoms with Crippen LogP contribution in [0.4, 0.5) is 0 Å². The summed E-state index contributed by atoms with van der Waals surface area (Å²) in [6, 6.07) is 1.19. The molecule has 0 saturated carbocycles. The summed E-state index contributed by atoms with van der Waals surface area (Å²) >= 11 is 0. The summed E-state index contributed by atoms with van der Waals surface area (Å²) in [5, 5.41) is 12.9. The highest BCUT2D eigenvalue weighted by molar-refractivity contribution is 5.92. The van der Waals surface area contributed by atoms with Gasteiger partial charge in [-0.05, 0) is 6.42 Å². The molecular formula is C12H18N2O5. The van der Waals surface area contributed by atoms with Gasteiger partial charge in [0.15, 0.2) is 5.69 Å². The minimum Gasteiger partial charge on any atom is -0.477 e. The van der Waals surface area contributed by atoms with Crippen molar-refractivity contribution in [2.24, 2.45) is 0 Å². The van der Waals surface area contributed by atoms with Gasteiger partial charge in [0.2, 0.25) is 0 Å². The Bertz CT molecular complexity index is 441. The van der Waals surface area contributed by atoms with Gasteiger partial charge in [0.05, 0.1) is 20.3 Å². The van der Waals surface area contributed by atoms with Crippen LogP contribution in [0.2, 0.25) is 0 Å². The van der Waals surface area contributed by atoms with E-state index in [1.54, 1.807) is 0 Å². The number of rotatable bonds is 8. The largest absolute Gasteiger partial charge is 0.477 e. The fourth-order valence-corrected chi connectivity index (χ4v) is 1.46. The van der Waals surface area contributed by atoms with E-state index in [-0.39, 0.29) is 17.9 Å². The predicted octanol–water partition coefficient (Wildman–Crippen LogP) is 1.18. The van der Waals surface area contributed by atoms with Crippen molar-refractivity contribution >= 4 is 11.9 Å². The summed E-state index contributed by atoms with van der Waals surface area (Å²) in [6.07, 6.45) is 1.99. The Morgan fingerprint density at radius 1 is 1.42 bits per heavy atom. The second kappa shape index (κ2) is 7.52. The summed E-state index contributed by atoms with van der Waals surface area (Å²) in [4.78, 5) is 22.3. The second-order valence-electron chi connectivity index (χ2n) is 3.90. The van der Waals surface area contributed by atoms with Crippen molar-refractivity contribution in [3.8, 4) is 0 Å². The van der Waals surface area contributed by atoms with Crippen molar-refractivity contribution in [3.63, 3.8) is 0 Å². The Hall–Kier alpha value is -1.89. The van der Waals surface area contributed by atoms with Crippen LogP contribution in [0, 0.1) is 0 Å². The molecule has 0 atom stereocenters. The molecule has 1 aromatic heterocycles. The van der Waals surface area contributed by atoms with Gasteiger partial charge in [-0.1, -0.05) is 13.3 Å². The minimum absolute atomic E-state index is 0.0199. The van der Waals surface area contributed by atoms with Crippen LogP contribution in [0.15, 0.2) is 6.07 Å². The van der Waals surface area contributed by atoms with Crippen molar-refractivity contribution < 1.29 is 24.2 Å². The average molecular weight is 270 g/mol. The zero-order valence-corrected chi connectivity index (χ0v) is 11.1. The second-order valence-corrected chi connectivity index (χ2v) is 3.90. The first-order valence-electron chi connectivity index (χ1n) is 6.07. The zero-order chi connectivity index (χ0) is 14.3. The van der Waals surface area contributed by atoms with E-state index in [1.807, 2.05) is 0 Å². The van der Waals surface area contributed by atoms with Gasteiger partial charge in [0.25, 0.3) is 0 Å². The molecule has 0 unspecified atom stereocenters. The number of esters is 1. The summed E-state index contributed by atoms with van der Waals surface area (Å²) in [5.74, 6) is -1.80. The van der Waals surface area contributed by atoms with Gasteiger partial charge < -0.3 is 14.6 Å². The quantitative estimate of drug-likeness (QED) is 0.563. The maximum atomic E-state index is 11.3. The van der Waals surface area contributed by atoms with E-state index in [0.717, 1.165) is 12.8 Å². The number of carboxylic acids is 1. The molecule has 1 heterocycles. The van der Waals surface area contributed by atoms with Crippen LogP contribution in [-0.2, 0) is 16.0 Å². The fourth-order valence-electron chi connectivity index (χ4n) is 1.46. The first-order chi connectivity index (χ1) is 9.10. The molecular weight excluding hydrogens is 252 g/mol. The number of ether oxygens (including phenoxy) is 2. The Morgan fingerprint density at radius 3 is 2.74 bits per heavy atom. The van der Waals surface area contributed by atoms with E-state index in [2.05, 4.69) is 16.8 Å². The summed E-state index contributed by atoms with van der Waals surface area (Å²) in [5.41, 5.74) is -0.0760. The van der Waals surface area contributed by atoms with E-state index in [1.165, 1.54) is 17.9 Å². The van der Waals surface area contributed by atoms with Crippen molar-refractivity contribution in [2.75, 3.05) is 20.3 Å². The van der Waals surface area contributed by atoms with E-state index in [4.69, 9.17) is 9.84 Å². The monoisotopic (exact) mass is 270 g/mol. The van der Waals surface area contributed by atoms with Crippen LogP contribution in [0.5, 0.6) is 0 Å². The molecule has 0 spiro atoms. The number of carbonyl (C=O) groups is 2. The molecule has 0 bridgehead atoms. The molecule has 0 amide bonds. The molecule has 0 saturated heterocycles. The molecule has 0 fully saturated rings. The average Bonchev–Trinajstić information content (AvgIpc) is 2.82. The van der Waals surface area contributed by atoms with Crippen molar-refractivity contribution in [1.29, 1.82) is 0 Å². The van der Waals surface area contributed by atoms with E-state index >= 15 is 0 Å². The van der Waals surface area contributed by atoms with Crippen LogP contribution in [0.3, 0.4) is 0 Å². The normalized spacial score (nSPS) is 10.4. The third-order valence-corrected chi connectivity index (χ3v) is 2.48. The molecule has 0 aliphatic carbocycles. The van der Waals surface area contributed by atoms with Crippen LogP contribution in [-0.4, -0.2) is 47.1 Å². The first-order valence-corrected chi connectivity index (χ1v) is 6.07. The number of unbranched alkanes of at least 4 members (excludes halogenated alkanes) is 1. The lowest BCUT2D eigenvalue weighted by Crippen LogP contribution is -2.14. The number of nitrogens with zero attached hydrogens (tertiary/aromatic N) is 2. The van der Waals surface area contributed by atoms with Gasteiger partial charge >= 0.3 is 11.9 Å². The van der Waals surface area contributed by atoms with Crippen LogP contribution in [0.25, 0.3) is 0 Å². The molecule has 1 aromatic rings. The Balaban J connectivity index is 2.67. The minimum atomic E-state index is -1.14. The van der Waals surface area contributed by atoms with E-state index < -0.39 is 11.9 Å². The molecule has 7 heteroatoms. The SMILES string of the molecule is CCCCOCCn1nc(C(=O)OC)cc1C(=O)O. The van der Waals surface area contributed by atoms with Crippen LogP contribution in [0.1, 0.15) is 40.7 Å². The van der Waals surface area contributed by atoms with Crippen molar-refractivity contribution in [2.45, 2.75) is 26.3 Å². The molecule has 0 aliphatic heterocycles. The maximum Gasteiger partial charge on any atom is 0.358 e. The number of aromatic carboxylic acids is 1. The molecule has 7 nitrogen and oxygen atoms in total. The number of carbonyl (C=O) groups excluding carboxylic acids is 1. The van der Waals surface area contributed by atoms with Gasteiger partial charge in [-0.2, -0.15) is 5.10 Å². The molecule has 1 rings (SSSR count). The van der Waals surface area contributed by atoms with Crippen LogP contribution >= 0.6 is 0 Å². The lowest BCUT2D eigenvalue weighted by molar-refractivity contribution is 0.0590. The number of hydrogen-bond donors (Lipinski definition) is 1. The highest BCUT2D eigenvalue weighted by atomic mass is 16.5. The van der Waals surface area contributed by atoms with Gasteiger partial charge in [-0.15, -0.1) is 0 Å². The summed E-state index contributed by atoms with van der Waals surface area (Å²) in [6.45, 7) is 3.32. The highest BCUT2D eigenvalue weighted by Crippen LogP contribution is 2.06. The smallest absolute Gasteiger partial charge is 0.358 e. The third-order valence-electron chi connectivity index (χ3n) is 2.48. The molecule has 0 aromatic carbocycles.